The minimum absolute atomic E-state index is 0.121. The molecule has 8 heteroatoms. The minimum Gasteiger partial charge on any atom is -0.507 e. The van der Waals surface area contributed by atoms with Crippen molar-refractivity contribution in [3.05, 3.63) is 88.9 Å². The number of aliphatic hydroxyl groups excluding tert-OH is 1. The average molecular weight is 453 g/mol. The van der Waals surface area contributed by atoms with Gasteiger partial charge in [0.2, 0.25) is 0 Å². The van der Waals surface area contributed by atoms with Crippen molar-refractivity contribution in [1.82, 2.24) is 0 Å². The van der Waals surface area contributed by atoms with E-state index in [9.17, 15) is 23.5 Å². The van der Waals surface area contributed by atoms with Crippen molar-refractivity contribution in [2.45, 2.75) is 26.3 Å². The van der Waals surface area contributed by atoms with Crippen LogP contribution in [0.15, 0.2) is 64.6 Å². The quantitative estimate of drug-likeness (QED) is 0.312. The van der Waals surface area contributed by atoms with Gasteiger partial charge in [-0.3, -0.25) is 14.5 Å². The van der Waals surface area contributed by atoms with Crippen molar-refractivity contribution >= 4 is 23.1 Å². The molecule has 1 amide bonds. The lowest BCUT2D eigenvalue weighted by atomic mass is 9.99. The lowest BCUT2D eigenvalue weighted by Gasteiger charge is -2.23. The molecule has 3 aromatic rings. The molecule has 1 N–H and O–H groups in total. The molecule has 6 nitrogen and oxygen atoms in total. The molecule has 4 rings (SSSR count). The zero-order valence-electron chi connectivity index (χ0n) is 18.0. The van der Waals surface area contributed by atoms with Crippen molar-refractivity contribution < 1.29 is 32.6 Å². The van der Waals surface area contributed by atoms with Gasteiger partial charge in [-0.2, -0.15) is 0 Å². The van der Waals surface area contributed by atoms with Crippen LogP contribution in [-0.2, 0) is 9.59 Å². The average Bonchev–Trinajstić information content (AvgIpc) is 3.34. The molecule has 170 valence electrons. The maximum absolute atomic E-state index is 14.6. The van der Waals surface area contributed by atoms with E-state index in [2.05, 4.69) is 0 Å². The number of aryl methyl sites for hydroxylation is 1. The highest BCUT2D eigenvalue weighted by Gasteiger charge is 2.49. The van der Waals surface area contributed by atoms with E-state index >= 15 is 0 Å². The largest absolute Gasteiger partial charge is 0.507 e. The topological polar surface area (TPSA) is 80.0 Å². The summed E-state index contributed by atoms with van der Waals surface area (Å²) in [6.07, 6.45) is 0.776. The van der Waals surface area contributed by atoms with E-state index < -0.39 is 40.8 Å². The van der Waals surface area contributed by atoms with Crippen LogP contribution in [0, 0.1) is 18.6 Å². The highest BCUT2D eigenvalue weighted by Crippen LogP contribution is 2.43. The molecule has 1 aromatic heterocycles. The van der Waals surface area contributed by atoms with Gasteiger partial charge in [0.25, 0.3) is 11.7 Å². The van der Waals surface area contributed by atoms with E-state index in [4.69, 9.17) is 9.15 Å². The van der Waals surface area contributed by atoms with Gasteiger partial charge in [-0.05, 0) is 49.7 Å². The monoisotopic (exact) mass is 453 g/mol. The van der Waals surface area contributed by atoms with Crippen LogP contribution in [0.1, 0.15) is 36.5 Å². The van der Waals surface area contributed by atoms with Crippen LogP contribution in [0.2, 0.25) is 0 Å². The first-order valence-corrected chi connectivity index (χ1v) is 10.4. The summed E-state index contributed by atoms with van der Waals surface area (Å²) in [6, 6.07) is 10.8. The number of carbonyl (C=O) groups is 2. The molecule has 0 bridgehead atoms. The third-order valence-electron chi connectivity index (χ3n) is 5.22. The molecule has 33 heavy (non-hydrogen) atoms. The number of ether oxygens (including phenoxy) is 1. The fourth-order valence-electron chi connectivity index (χ4n) is 3.73. The second-order valence-corrected chi connectivity index (χ2v) is 7.59. The number of furan rings is 1. The molecule has 1 unspecified atom stereocenters. The van der Waals surface area contributed by atoms with E-state index in [-0.39, 0.29) is 16.9 Å². The summed E-state index contributed by atoms with van der Waals surface area (Å²) in [4.78, 5) is 26.8. The van der Waals surface area contributed by atoms with E-state index in [1.807, 2.05) is 6.92 Å². The fraction of sp³-hybridized carbons (Fsp3) is 0.200. The van der Waals surface area contributed by atoms with Gasteiger partial charge in [-0.15, -0.1) is 0 Å². The van der Waals surface area contributed by atoms with Crippen LogP contribution in [0.25, 0.3) is 5.76 Å². The number of halogens is 2. The summed E-state index contributed by atoms with van der Waals surface area (Å²) < 4.78 is 39.8. The highest BCUT2D eigenvalue weighted by atomic mass is 19.1. The van der Waals surface area contributed by atoms with Crippen molar-refractivity contribution in [3.8, 4) is 5.75 Å². The molecule has 1 atom stereocenters. The molecule has 1 aliphatic rings. The number of rotatable bonds is 6. The summed E-state index contributed by atoms with van der Waals surface area (Å²) in [6.45, 7) is 4.06. The number of hydrogen-bond acceptors (Lipinski definition) is 5. The first-order chi connectivity index (χ1) is 15.8. The first-order valence-electron chi connectivity index (χ1n) is 10.4. The number of amides is 1. The van der Waals surface area contributed by atoms with Gasteiger partial charge in [-0.1, -0.05) is 19.1 Å². The first kappa shape index (κ1) is 22.3. The SMILES string of the molecule is CCCOc1cccc(/C(O)=C2/C(=O)C(=O)N(c3cc(F)ccc3F)C2c2ccc(C)o2)c1. The Morgan fingerprint density at radius 2 is 1.91 bits per heavy atom. The molecule has 0 saturated carbocycles. The molecule has 2 aromatic carbocycles. The fourth-order valence-corrected chi connectivity index (χ4v) is 3.73. The third kappa shape index (κ3) is 4.11. The molecule has 2 heterocycles. The molecular formula is C25H21F2NO5. The van der Waals surface area contributed by atoms with Crippen LogP contribution < -0.4 is 9.64 Å². The zero-order chi connectivity index (χ0) is 23.7. The maximum atomic E-state index is 14.6. The standard InChI is InChI=1S/C25H21F2NO5/c1-3-11-32-17-6-4-5-15(12-17)23(29)21-22(20-10-7-14(2)33-20)28(25(31)24(21)30)19-13-16(26)8-9-18(19)27/h4-10,12-13,22,29H,3,11H2,1-2H3/b23-21-. The lowest BCUT2D eigenvalue weighted by Crippen LogP contribution is -2.30. The smallest absolute Gasteiger partial charge is 0.300 e. The summed E-state index contributed by atoms with van der Waals surface area (Å²) in [7, 11) is 0. The van der Waals surface area contributed by atoms with Gasteiger partial charge >= 0.3 is 0 Å². The van der Waals surface area contributed by atoms with Crippen LogP contribution in [0.3, 0.4) is 0 Å². The normalized spacial score (nSPS) is 17.6. The number of aliphatic hydroxyl groups is 1. The van der Waals surface area contributed by atoms with Crippen molar-refractivity contribution in [2.75, 3.05) is 11.5 Å². The van der Waals surface area contributed by atoms with Crippen molar-refractivity contribution in [3.63, 3.8) is 0 Å². The van der Waals surface area contributed by atoms with Gasteiger partial charge in [0, 0.05) is 11.6 Å². The number of Topliss-reactive ketones (excluding diaryl/α,β-unsaturated/α-hetero) is 1. The van der Waals surface area contributed by atoms with Crippen LogP contribution in [0.4, 0.5) is 14.5 Å². The third-order valence-corrected chi connectivity index (χ3v) is 5.22. The van der Waals surface area contributed by atoms with Crippen molar-refractivity contribution in [1.29, 1.82) is 0 Å². The predicted molar refractivity (Wildman–Crippen MR) is 117 cm³/mol. The molecule has 1 saturated heterocycles. The predicted octanol–water partition coefficient (Wildman–Crippen LogP) is 5.28. The summed E-state index contributed by atoms with van der Waals surface area (Å²) in [5.74, 6) is -3.26. The Labute approximate surface area is 188 Å². The number of ketones is 1. The number of benzene rings is 2. The van der Waals surface area contributed by atoms with Gasteiger partial charge in [0.05, 0.1) is 17.9 Å². The van der Waals surface area contributed by atoms with Crippen LogP contribution >= 0.6 is 0 Å². The Morgan fingerprint density at radius 3 is 2.61 bits per heavy atom. The zero-order valence-corrected chi connectivity index (χ0v) is 18.0. The second kappa shape index (κ2) is 8.90. The van der Waals surface area contributed by atoms with E-state index in [0.717, 1.165) is 29.5 Å². The number of anilines is 1. The highest BCUT2D eigenvalue weighted by molar-refractivity contribution is 6.51. The van der Waals surface area contributed by atoms with Gasteiger partial charge in [0.1, 0.15) is 40.7 Å². The molecule has 1 aliphatic heterocycles. The Kier molecular flexibility index (Phi) is 6.00. The summed E-state index contributed by atoms with van der Waals surface area (Å²) in [5.41, 5.74) is -0.504. The minimum atomic E-state index is -1.30. The van der Waals surface area contributed by atoms with E-state index in [0.29, 0.717) is 18.1 Å². The Morgan fingerprint density at radius 1 is 1.12 bits per heavy atom. The maximum Gasteiger partial charge on any atom is 0.300 e. The Hall–Kier alpha value is -3.94. The molecule has 1 fully saturated rings. The number of carbonyl (C=O) groups excluding carboxylic acids is 2. The second-order valence-electron chi connectivity index (χ2n) is 7.59. The van der Waals surface area contributed by atoms with Gasteiger partial charge < -0.3 is 14.3 Å². The number of nitrogens with zero attached hydrogens (tertiary/aromatic N) is 1. The van der Waals surface area contributed by atoms with Crippen LogP contribution in [0.5, 0.6) is 5.75 Å². The van der Waals surface area contributed by atoms with Gasteiger partial charge in [-0.25, -0.2) is 8.78 Å². The Balaban J connectivity index is 1.90. The van der Waals surface area contributed by atoms with Crippen molar-refractivity contribution in [2.24, 2.45) is 0 Å². The van der Waals surface area contributed by atoms with Gasteiger partial charge in [0.15, 0.2) is 0 Å². The van der Waals surface area contributed by atoms with E-state index in [1.54, 1.807) is 31.2 Å². The summed E-state index contributed by atoms with van der Waals surface area (Å²) >= 11 is 0. The van der Waals surface area contributed by atoms with E-state index in [1.165, 1.54) is 12.1 Å². The summed E-state index contributed by atoms with van der Waals surface area (Å²) in [5, 5.41) is 11.1. The Bertz CT molecular complexity index is 1260. The molecule has 0 spiro atoms. The molecular weight excluding hydrogens is 432 g/mol. The molecule has 0 aliphatic carbocycles. The molecule has 0 radical (unpaired) electrons. The lowest BCUT2D eigenvalue weighted by molar-refractivity contribution is -0.132. The number of hydrogen-bond donors (Lipinski definition) is 1. The van der Waals surface area contributed by atoms with Crippen LogP contribution in [-0.4, -0.2) is 23.4 Å².